The normalized spacial score (nSPS) is 17.9. The summed E-state index contributed by atoms with van der Waals surface area (Å²) in [6, 6.07) is 1.88. The second-order valence-corrected chi connectivity index (χ2v) is 3.99. The lowest BCUT2D eigenvalue weighted by molar-refractivity contribution is 0.199. The van der Waals surface area contributed by atoms with Crippen molar-refractivity contribution in [2.75, 3.05) is 19.7 Å². The molecule has 0 unspecified atom stereocenters. The van der Waals surface area contributed by atoms with Gasteiger partial charge in [0, 0.05) is 12.5 Å². The quantitative estimate of drug-likeness (QED) is 0.820. The van der Waals surface area contributed by atoms with Gasteiger partial charge in [-0.2, -0.15) is 0 Å². The number of nitrogens with one attached hydrogen (secondary N) is 1. The number of hydrogen-bond acceptors (Lipinski definition) is 4. The van der Waals surface area contributed by atoms with Crippen LogP contribution in [0.5, 0.6) is 5.88 Å². The molecular weight excluding hydrogens is 192 g/mol. The van der Waals surface area contributed by atoms with Crippen molar-refractivity contribution in [3.8, 4) is 5.88 Å². The zero-order chi connectivity index (χ0) is 10.5. The average Bonchev–Trinajstić information content (AvgIpc) is 2.76. The van der Waals surface area contributed by atoms with E-state index in [-0.39, 0.29) is 0 Å². The Kier molecular flexibility index (Phi) is 3.61. The van der Waals surface area contributed by atoms with Gasteiger partial charge in [-0.25, -0.2) is 0 Å². The summed E-state index contributed by atoms with van der Waals surface area (Å²) in [5.41, 5.74) is 0. The Morgan fingerprint density at radius 3 is 3.00 bits per heavy atom. The first kappa shape index (κ1) is 10.5. The van der Waals surface area contributed by atoms with E-state index in [1.54, 1.807) is 0 Å². The van der Waals surface area contributed by atoms with E-state index in [1.165, 1.54) is 12.8 Å². The highest BCUT2D eigenvalue weighted by atomic mass is 16.5. The molecule has 1 aromatic rings. The smallest absolute Gasteiger partial charge is 0.254 e. The minimum atomic E-state index is 0.630. The summed E-state index contributed by atoms with van der Waals surface area (Å²) in [7, 11) is 0. The van der Waals surface area contributed by atoms with Crippen molar-refractivity contribution in [2.45, 2.75) is 26.2 Å². The molecule has 1 aliphatic heterocycles. The Hall–Kier alpha value is -1.03. The third-order valence-electron chi connectivity index (χ3n) is 2.81. The Morgan fingerprint density at radius 1 is 1.53 bits per heavy atom. The summed E-state index contributed by atoms with van der Waals surface area (Å²) in [4.78, 5) is 0. The van der Waals surface area contributed by atoms with E-state index in [0.29, 0.717) is 11.8 Å². The van der Waals surface area contributed by atoms with E-state index < -0.39 is 0 Å². The van der Waals surface area contributed by atoms with Gasteiger partial charge in [-0.1, -0.05) is 6.92 Å². The summed E-state index contributed by atoms with van der Waals surface area (Å²) < 4.78 is 10.7. The van der Waals surface area contributed by atoms with Gasteiger partial charge in [-0.05, 0) is 37.0 Å². The van der Waals surface area contributed by atoms with E-state index in [2.05, 4.69) is 10.5 Å². The zero-order valence-corrected chi connectivity index (χ0v) is 9.16. The molecule has 0 atom stereocenters. The van der Waals surface area contributed by atoms with E-state index in [4.69, 9.17) is 9.26 Å². The number of ether oxygens (including phenoxy) is 1. The average molecular weight is 210 g/mol. The predicted molar refractivity (Wildman–Crippen MR) is 57.0 cm³/mol. The lowest BCUT2D eigenvalue weighted by atomic mass is 9.99. The van der Waals surface area contributed by atoms with Gasteiger partial charge in [0.1, 0.15) is 5.76 Å². The van der Waals surface area contributed by atoms with Crippen LogP contribution in [0.4, 0.5) is 0 Å². The van der Waals surface area contributed by atoms with Crippen LogP contribution < -0.4 is 10.1 Å². The molecule has 1 fully saturated rings. The zero-order valence-electron chi connectivity index (χ0n) is 9.16. The molecule has 0 amide bonds. The highest BCUT2D eigenvalue weighted by Gasteiger charge is 2.14. The van der Waals surface area contributed by atoms with Gasteiger partial charge in [-0.15, -0.1) is 0 Å². The van der Waals surface area contributed by atoms with Crippen molar-refractivity contribution in [1.29, 1.82) is 0 Å². The standard InChI is InChI=1S/C11H18N2O2/c1-2-10-7-11(13-15-10)14-8-9-3-5-12-6-4-9/h7,9,12H,2-6,8H2,1H3. The summed E-state index contributed by atoms with van der Waals surface area (Å²) in [5.74, 6) is 2.17. The summed E-state index contributed by atoms with van der Waals surface area (Å²) in [6.07, 6.45) is 3.25. The topological polar surface area (TPSA) is 47.3 Å². The van der Waals surface area contributed by atoms with Gasteiger partial charge >= 0.3 is 0 Å². The van der Waals surface area contributed by atoms with Crippen molar-refractivity contribution in [2.24, 2.45) is 5.92 Å². The van der Waals surface area contributed by atoms with Crippen molar-refractivity contribution >= 4 is 0 Å². The van der Waals surface area contributed by atoms with Gasteiger partial charge in [0.05, 0.1) is 6.61 Å². The molecule has 4 heteroatoms. The number of hydrogen-bond donors (Lipinski definition) is 1. The van der Waals surface area contributed by atoms with Crippen molar-refractivity contribution < 1.29 is 9.26 Å². The maximum absolute atomic E-state index is 5.60. The minimum absolute atomic E-state index is 0.630. The molecular formula is C11H18N2O2. The minimum Gasteiger partial charge on any atom is -0.475 e. The Balaban J connectivity index is 1.76. The number of aromatic nitrogens is 1. The van der Waals surface area contributed by atoms with Crippen LogP contribution in [0.2, 0.25) is 0 Å². The van der Waals surface area contributed by atoms with E-state index in [0.717, 1.165) is 31.9 Å². The summed E-state index contributed by atoms with van der Waals surface area (Å²) in [5, 5.41) is 7.20. The van der Waals surface area contributed by atoms with Crippen LogP contribution in [0.1, 0.15) is 25.5 Å². The predicted octanol–water partition coefficient (Wildman–Crippen LogP) is 1.62. The molecule has 1 aromatic heterocycles. The summed E-state index contributed by atoms with van der Waals surface area (Å²) >= 11 is 0. The largest absolute Gasteiger partial charge is 0.475 e. The Bertz CT molecular complexity index is 293. The molecule has 1 saturated heterocycles. The van der Waals surface area contributed by atoms with Gasteiger partial charge in [0.2, 0.25) is 0 Å². The third-order valence-corrected chi connectivity index (χ3v) is 2.81. The molecule has 84 valence electrons. The molecule has 0 aliphatic carbocycles. The number of aryl methyl sites for hydroxylation is 1. The lowest BCUT2D eigenvalue weighted by Crippen LogP contribution is -2.30. The van der Waals surface area contributed by atoms with Crippen LogP contribution >= 0.6 is 0 Å². The van der Waals surface area contributed by atoms with Gasteiger partial charge in [0.25, 0.3) is 5.88 Å². The number of piperidine rings is 1. The highest BCUT2D eigenvalue weighted by molar-refractivity contribution is 5.10. The van der Waals surface area contributed by atoms with Crippen LogP contribution in [-0.4, -0.2) is 24.9 Å². The Morgan fingerprint density at radius 2 is 2.33 bits per heavy atom. The second-order valence-electron chi connectivity index (χ2n) is 3.99. The number of rotatable bonds is 4. The monoisotopic (exact) mass is 210 g/mol. The molecule has 4 nitrogen and oxygen atoms in total. The first-order chi connectivity index (χ1) is 7.38. The second kappa shape index (κ2) is 5.16. The van der Waals surface area contributed by atoms with Gasteiger partial charge in [-0.3, -0.25) is 0 Å². The first-order valence-corrected chi connectivity index (χ1v) is 5.67. The fourth-order valence-corrected chi connectivity index (χ4v) is 1.78. The van der Waals surface area contributed by atoms with Crippen molar-refractivity contribution in [1.82, 2.24) is 10.5 Å². The molecule has 15 heavy (non-hydrogen) atoms. The van der Waals surface area contributed by atoms with E-state index >= 15 is 0 Å². The van der Waals surface area contributed by atoms with Crippen LogP contribution in [0.3, 0.4) is 0 Å². The van der Waals surface area contributed by atoms with Crippen LogP contribution in [-0.2, 0) is 6.42 Å². The molecule has 2 heterocycles. The van der Waals surface area contributed by atoms with Crippen LogP contribution in [0.15, 0.2) is 10.6 Å². The molecule has 0 radical (unpaired) electrons. The third kappa shape index (κ3) is 2.96. The van der Waals surface area contributed by atoms with E-state index in [1.807, 2.05) is 13.0 Å². The fourth-order valence-electron chi connectivity index (χ4n) is 1.78. The van der Waals surface area contributed by atoms with Crippen molar-refractivity contribution in [3.63, 3.8) is 0 Å². The SMILES string of the molecule is CCc1cc(OCC2CCNCC2)no1. The maximum atomic E-state index is 5.60. The molecule has 1 aliphatic rings. The first-order valence-electron chi connectivity index (χ1n) is 5.67. The molecule has 0 spiro atoms. The van der Waals surface area contributed by atoms with Crippen molar-refractivity contribution in [3.05, 3.63) is 11.8 Å². The van der Waals surface area contributed by atoms with Crippen LogP contribution in [0, 0.1) is 5.92 Å². The summed E-state index contributed by atoms with van der Waals surface area (Å²) in [6.45, 7) is 5.01. The van der Waals surface area contributed by atoms with Crippen LogP contribution in [0.25, 0.3) is 0 Å². The fraction of sp³-hybridized carbons (Fsp3) is 0.727. The molecule has 2 rings (SSSR count). The lowest BCUT2D eigenvalue weighted by Gasteiger charge is -2.21. The van der Waals surface area contributed by atoms with Gasteiger partial charge < -0.3 is 14.6 Å². The highest BCUT2D eigenvalue weighted by Crippen LogP contribution is 2.16. The Labute approximate surface area is 90.0 Å². The maximum Gasteiger partial charge on any atom is 0.254 e. The number of nitrogens with zero attached hydrogens (tertiary/aromatic N) is 1. The van der Waals surface area contributed by atoms with Gasteiger partial charge in [0.15, 0.2) is 0 Å². The molecule has 0 saturated carbocycles. The molecule has 0 aromatic carbocycles. The molecule has 0 bridgehead atoms. The molecule has 1 N–H and O–H groups in total. The van der Waals surface area contributed by atoms with E-state index in [9.17, 15) is 0 Å².